The molecule has 2 aliphatic heterocycles. The topological polar surface area (TPSA) is 70.6 Å². The first-order valence-electron chi connectivity index (χ1n) is 10.9. The molecular formula is C23H31N5O2. The van der Waals surface area contributed by atoms with Crippen LogP contribution >= 0.6 is 0 Å². The number of aromatic nitrogens is 2. The van der Waals surface area contributed by atoms with Gasteiger partial charge in [-0.2, -0.15) is 0 Å². The molecule has 2 saturated heterocycles. The Morgan fingerprint density at radius 2 is 1.87 bits per heavy atom. The smallest absolute Gasteiger partial charge is 0.226 e. The number of carbonyl (C=O) groups is 1. The number of hydrogen-bond acceptors (Lipinski definition) is 6. The number of amides is 1. The molecule has 4 rings (SSSR count). The molecule has 1 N–H and O–H groups in total. The Labute approximate surface area is 178 Å². The summed E-state index contributed by atoms with van der Waals surface area (Å²) in [7, 11) is 0. The van der Waals surface area contributed by atoms with E-state index < -0.39 is 0 Å². The second-order valence-electron chi connectivity index (χ2n) is 8.20. The average molecular weight is 410 g/mol. The van der Waals surface area contributed by atoms with E-state index in [1.165, 1.54) is 0 Å². The molecule has 0 bridgehead atoms. The number of nitrogens with one attached hydrogen (secondary N) is 1. The summed E-state index contributed by atoms with van der Waals surface area (Å²) in [5.41, 5.74) is 1.09. The van der Waals surface area contributed by atoms with E-state index in [4.69, 9.17) is 9.72 Å². The summed E-state index contributed by atoms with van der Waals surface area (Å²) in [6, 6.07) is 11.9. The van der Waals surface area contributed by atoms with E-state index >= 15 is 0 Å². The first kappa shape index (κ1) is 20.8. The molecule has 2 aromatic rings. The second-order valence-corrected chi connectivity index (χ2v) is 8.20. The van der Waals surface area contributed by atoms with Gasteiger partial charge in [-0.25, -0.2) is 9.97 Å². The van der Waals surface area contributed by atoms with Gasteiger partial charge in [0, 0.05) is 56.5 Å². The van der Waals surface area contributed by atoms with E-state index in [2.05, 4.69) is 28.2 Å². The summed E-state index contributed by atoms with van der Waals surface area (Å²) in [6.07, 6.45) is 3.67. The Bertz CT molecular complexity index is 817. The minimum absolute atomic E-state index is 0.0312. The molecule has 7 heteroatoms. The number of ether oxygens (including phenoxy) is 1. The van der Waals surface area contributed by atoms with Crippen molar-refractivity contribution in [1.82, 2.24) is 19.8 Å². The Hall–Kier alpha value is -2.51. The molecule has 4 heterocycles. The molecule has 0 radical (unpaired) electrons. The van der Waals surface area contributed by atoms with Gasteiger partial charge in [-0.15, -0.1) is 0 Å². The van der Waals surface area contributed by atoms with Crippen LogP contribution in [0.2, 0.25) is 0 Å². The van der Waals surface area contributed by atoms with Crippen molar-refractivity contribution >= 4 is 17.5 Å². The van der Waals surface area contributed by atoms with Crippen molar-refractivity contribution < 1.29 is 9.53 Å². The van der Waals surface area contributed by atoms with E-state index in [9.17, 15) is 4.79 Å². The van der Waals surface area contributed by atoms with Crippen LogP contribution in [0.4, 0.5) is 11.6 Å². The lowest BCUT2D eigenvalue weighted by atomic mass is 9.92. The summed E-state index contributed by atoms with van der Waals surface area (Å²) in [6.45, 7) is 7.87. The number of likely N-dealkylation sites (tertiary alicyclic amines) is 1. The largest absolute Gasteiger partial charge is 0.379 e. The minimum atomic E-state index is 0.0312. The van der Waals surface area contributed by atoms with Gasteiger partial charge in [0.25, 0.3) is 0 Å². The highest BCUT2D eigenvalue weighted by Gasteiger charge is 2.28. The van der Waals surface area contributed by atoms with Crippen LogP contribution in [-0.2, 0) is 9.53 Å². The molecule has 1 unspecified atom stereocenters. The lowest BCUT2D eigenvalue weighted by Gasteiger charge is -2.35. The predicted octanol–water partition coefficient (Wildman–Crippen LogP) is 2.89. The molecule has 30 heavy (non-hydrogen) atoms. The predicted molar refractivity (Wildman–Crippen MR) is 117 cm³/mol. The Balaban J connectivity index is 1.29. The highest BCUT2D eigenvalue weighted by atomic mass is 16.5. The first-order chi connectivity index (χ1) is 14.7. The van der Waals surface area contributed by atoms with Gasteiger partial charge >= 0.3 is 0 Å². The van der Waals surface area contributed by atoms with Crippen LogP contribution in [0.25, 0.3) is 0 Å². The highest BCUT2D eigenvalue weighted by Crippen LogP contribution is 2.28. The summed E-state index contributed by atoms with van der Waals surface area (Å²) in [5, 5.41) is 3.26. The van der Waals surface area contributed by atoms with E-state index in [0.717, 1.165) is 76.1 Å². The van der Waals surface area contributed by atoms with Crippen LogP contribution in [0.1, 0.15) is 31.4 Å². The maximum atomic E-state index is 12.9. The van der Waals surface area contributed by atoms with Crippen LogP contribution in [0.3, 0.4) is 0 Å². The van der Waals surface area contributed by atoms with Gasteiger partial charge in [-0.1, -0.05) is 19.1 Å². The molecule has 0 aliphatic carbocycles. The fourth-order valence-corrected chi connectivity index (χ4v) is 4.27. The summed E-state index contributed by atoms with van der Waals surface area (Å²) < 4.78 is 5.40. The minimum Gasteiger partial charge on any atom is -0.379 e. The third kappa shape index (κ3) is 5.34. The highest BCUT2D eigenvalue weighted by molar-refractivity contribution is 5.78. The number of piperidine rings is 1. The van der Waals surface area contributed by atoms with Crippen molar-refractivity contribution in [3.8, 4) is 0 Å². The fourth-order valence-electron chi connectivity index (χ4n) is 4.27. The third-order valence-corrected chi connectivity index (χ3v) is 5.97. The van der Waals surface area contributed by atoms with Gasteiger partial charge < -0.3 is 15.0 Å². The van der Waals surface area contributed by atoms with Crippen LogP contribution in [0.5, 0.6) is 0 Å². The average Bonchev–Trinajstić information content (AvgIpc) is 2.80. The second kappa shape index (κ2) is 10.00. The summed E-state index contributed by atoms with van der Waals surface area (Å²) in [4.78, 5) is 26.4. The van der Waals surface area contributed by atoms with E-state index in [-0.39, 0.29) is 11.8 Å². The lowest BCUT2D eigenvalue weighted by molar-refractivity contribution is -0.137. The Morgan fingerprint density at radius 1 is 1.10 bits per heavy atom. The Kier molecular flexibility index (Phi) is 6.92. The molecular weight excluding hydrogens is 378 g/mol. The van der Waals surface area contributed by atoms with E-state index in [1.54, 1.807) is 6.20 Å². The van der Waals surface area contributed by atoms with Gasteiger partial charge in [-0.3, -0.25) is 9.69 Å². The van der Waals surface area contributed by atoms with Gasteiger partial charge in [0.1, 0.15) is 11.6 Å². The third-order valence-electron chi connectivity index (χ3n) is 5.97. The summed E-state index contributed by atoms with van der Waals surface area (Å²) in [5.74, 6) is 2.29. The molecule has 7 nitrogen and oxygen atoms in total. The molecule has 1 atom stereocenters. The van der Waals surface area contributed by atoms with Crippen LogP contribution in [0, 0.1) is 5.92 Å². The number of pyridine rings is 2. The normalized spacial score (nSPS) is 19.4. The zero-order valence-corrected chi connectivity index (χ0v) is 17.7. The molecule has 0 aromatic carbocycles. The van der Waals surface area contributed by atoms with Crippen molar-refractivity contribution in [2.24, 2.45) is 5.92 Å². The SMILES string of the molecule is CC(CN1CCOCC1)C(=O)N1CCC(c2cccc(Nc3ccccn3)n2)CC1. The quantitative estimate of drug-likeness (QED) is 0.791. The number of hydrogen-bond donors (Lipinski definition) is 1. The van der Waals surface area contributed by atoms with Crippen LogP contribution in [-0.4, -0.2) is 71.6 Å². The first-order valence-corrected chi connectivity index (χ1v) is 10.9. The number of rotatable bonds is 6. The molecule has 0 saturated carbocycles. The molecule has 2 fully saturated rings. The molecule has 2 aromatic heterocycles. The number of morpholine rings is 1. The maximum Gasteiger partial charge on any atom is 0.226 e. The molecule has 1 amide bonds. The Morgan fingerprint density at radius 3 is 2.60 bits per heavy atom. The number of anilines is 2. The van der Waals surface area contributed by atoms with Crippen molar-refractivity contribution in [1.29, 1.82) is 0 Å². The van der Waals surface area contributed by atoms with Gasteiger partial charge in [-0.05, 0) is 37.1 Å². The van der Waals surface area contributed by atoms with Gasteiger partial charge in [0.15, 0.2) is 0 Å². The fraction of sp³-hybridized carbons (Fsp3) is 0.522. The zero-order chi connectivity index (χ0) is 20.8. The summed E-state index contributed by atoms with van der Waals surface area (Å²) >= 11 is 0. The molecule has 160 valence electrons. The van der Waals surface area contributed by atoms with Crippen molar-refractivity contribution in [3.63, 3.8) is 0 Å². The maximum absolute atomic E-state index is 12.9. The van der Waals surface area contributed by atoms with E-state index in [1.807, 2.05) is 35.2 Å². The zero-order valence-electron chi connectivity index (χ0n) is 17.7. The standard InChI is InChI=1S/C23H31N5O2/c1-18(17-27-13-15-30-16-14-27)23(29)28-11-8-19(9-12-28)20-5-4-7-22(25-20)26-21-6-2-3-10-24-21/h2-7,10,18-19H,8-9,11-17H2,1H3,(H,24,25,26). The van der Waals surface area contributed by atoms with Crippen molar-refractivity contribution in [3.05, 3.63) is 48.3 Å². The van der Waals surface area contributed by atoms with Crippen LogP contribution in [0.15, 0.2) is 42.6 Å². The monoisotopic (exact) mass is 409 g/mol. The molecule has 0 spiro atoms. The van der Waals surface area contributed by atoms with E-state index in [0.29, 0.717) is 5.92 Å². The van der Waals surface area contributed by atoms with Gasteiger partial charge in [0.05, 0.1) is 13.2 Å². The number of carbonyl (C=O) groups excluding carboxylic acids is 1. The van der Waals surface area contributed by atoms with Crippen molar-refractivity contribution in [2.45, 2.75) is 25.7 Å². The lowest BCUT2D eigenvalue weighted by Crippen LogP contribution is -2.46. The van der Waals surface area contributed by atoms with Gasteiger partial charge in [0.2, 0.25) is 5.91 Å². The van der Waals surface area contributed by atoms with Crippen LogP contribution < -0.4 is 5.32 Å². The molecule has 2 aliphatic rings. The number of nitrogens with zero attached hydrogens (tertiary/aromatic N) is 4. The van der Waals surface area contributed by atoms with Crippen molar-refractivity contribution in [2.75, 3.05) is 51.3 Å².